The van der Waals surface area contributed by atoms with Gasteiger partial charge in [-0.3, -0.25) is 0 Å². The van der Waals surface area contributed by atoms with Gasteiger partial charge in [0.2, 0.25) is 6.85 Å². The molecule has 70 valence electrons. The van der Waals surface area contributed by atoms with E-state index in [-0.39, 0.29) is 0 Å². The first-order valence-corrected chi connectivity index (χ1v) is 4.52. The molecule has 0 radical (unpaired) electrons. The summed E-state index contributed by atoms with van der Waals surface area (Å²) < 4.78 is 5.09. The third-order valence-electron chi connectivity index (χ3n) is 2.25. The van der Waals surface area contributed by atoms with Gasteiger partial charge in [0, 0.05) is 5.69 Å². The quantitative estimate of drug-likeness (QED) is 0.657. The Morgan fingerprint density at radius 1 is 1.15 bits per heavy atom. The summed E-state index contributed by atoms with van der Waals surface area (Å²) >= 11 is 0. The third kappa shape index (κ3) is 2.41. The largest absolute Gasteiger partial charge is 0.497 e. The van der Waals surface area contributed by atoms with Gasteiger partial charge in [0.15, 0.2) is 0 Å². The molecule has 0 saturated carbocycles. The van der Waals surface area contributed by atoms with E-state index in [0.29, 0.717) is 6.85 Å². The Kier molecular flexibility index (Phi) is 3.23. The summed E-state index contributed by atoms with van der Waals surface area (Å²) in [5.74, 6) is 0.904. The van der Waals surface area contributed by atoms with Gasteiger partial charge in [-0.05, 0) is 31.3 Å². The van der Waals surface area contributed by atoms with E-state index in [2.05, 4.69) is 37.6 Å². The fraction of sp³-hybridized carbons (Fsp3) is 0.400. The highest BCUT2D eigenvalue weighted by atomic mass is 16.5. The highest BCUT2D eigenvalue weighted by Crippen LogP contribution is 2.18. The second kappa shape index (κ2) is 4.22. The van der Waals surface area contributed by atoms with Crippen molar-refractivity contribution >= 4 is 12.5 Å². The van der Waals surface area contributed by atoms with Gasteiger partial charge in [0.25, 0.3) is 0 Å². The van der Waals surface area contributed by atoms with Crippen LogP contribution >= 0.6 is 0 Å². The summed E-state index contributed by atoms with van der Waals surface area (Å²) in [4.78, 5) is 2.22. The van der Waals surface area contributed by atoms with Crippen LogP contribution in [0.5, 0.6) is 5.75 Å². The predicted molar refractivity (Wildman–Crippen MR) is 58.9 cm³/mol. The van der Waals surface area contributed by atoms with Crippen molar-refractivity contribution in [2.75, 3.05) is 19.0 Å². The Balaban J connectivity index is 2.79. The Morgan fingerprint density at radius 2 is 1.69 bits per heavy atom. The van der Waals surface area contributed by atoms with E-state index in [4.69, 9.17) is 4.74 Å². The van der Waals surface area contributed by atoms with Crippen molar-refractivity contribution in [3.8, 4) is 5.75 Å². The van der Waals surface area contributed by atoms with Crippen LogP contribution in [0.1, 0.15) is 0 Å². The van der Waals surface area contributed by atoms with Crippen molar-refractivity contribution in [3.05, 3.63) is 24.3 Å². The summed E-state index contributed by atoms with van der Waals surface area (Å²) in [6.45, 7) is 4.86. The SMILES string of the molecule is COc1ccc(N(C)B(C)C)cc1. The van der Waals surface area contributed by atoms with E-state index in [1.807, 2.05) is 12.1 Å². The predicted octanol–water partition coefficient (Wildman–Crippen LogP) is 2.38. The molecule has 0 aromatic heterocycles. The lowest BCUT2D eigenvalue weighted by molar-refractivity contribution is 0.415. The Morgan fingerprint density at radius 3 is 2.08 bits per heavy atom. The molecule has 0 amide bonds. The van der Waals surface area contributed by atoms with Gasteiger partial charge < -0.3 is 9.55 Å². The van der Waals surface area contributed by atoms with Gasteiger partial charge in [-0.25, -0.2) is 0 Å². The van der Waals surface area contributed by atoms with Crippen LogP contribution in [0.15, 0.2) is 24.3 Å². The van der Waals surface area contributed by atoms with Crippen LogP contribution < -0.4 is 9.55 Å². The lowest BCUT2D eigenvalue weighted by Crippen LogP contribution is -2.29. The monoisotopic (exact) mass is 177 g/mol. The van der Waals surface area contributed by atoms with Crippen molar-refractivity contribution in [1.29, 1.82) is 0 Å². The molecule has 0 N–H and O–H groups in total. The van der Waals surface area contributed by atoms with E-state index >= 15 is 0 Å². The average Bonchev–Trinajstić information content (AvgIpc) is 2.17. The van der Waals surface area contributed by atoms with Crippen LogP contribution in [0.2, 0.25) is 13.6 Å². The normalized spacial score (nSPS) is 9.54. The van der Waals surface area contributed by atoms with Gasteiger partial charge in [-0.1, -0.05) is 13.6 Å². The molecule has 3 heteroatoms. The Hall–Kier alpha value is -1.12. The molecule has 0 heterocycles. The molecule has 0 saturated heterocycles. The topological polar surface area (TPSA) is 12.5 Å². The molecule has 0 spiro atoms. The molecule has 0 fully saturated rings. The number of nitrogens with zero attached hydrogens (tertiary/aromatic N) is 1. The molecular weight excluding hydrogens is 161 g/mol. The molecule has 0 aliphatic heterocycles. The first-order chi connectivity index (χ1) is 6.15. The molecule has 1 aromatic carbocycles. The van der Waals surface area contributed by atoms with Gasteiger partial charge in [-0.15, -0.1) is 0 Å². The summed E-state index contributed by atoms with van der Waals surface area (Å²) in [7, 11) is 3.77. The van der Waals surface area contributed by atoms with Gasteiger partial charge >= 0.3 is 0 Å². The highest BCUT2D eigenvalue weighted by molar-refractivity contribution is 6.60. The number of rotatable bonds is 3. The maximum absolute atomic E-state index is 5.09. The minimum Gasteiger partial charge on any atom is -0.497 e. The van der Waals surface area contributed by atoms with Gasteiger partial charge in [-0.2, -0.15) is 0 Å². The number of methoxy groups -OCH3 is 1. The number of ether oxygens (including phenoxy) is 1. The van der Waals surface area contributed by atoms with Crippen molar-refractivity contribution in [2.24, 2.45) is 0 Å². The highest BCUT2D eigenvalue weighted by Gasteiger charge is 2.07. The van der Waals surface area contributed by atoms with Crippen molar-refractivity contribution in [2.45, 2.75) is 13.6 Å². The van der Waals surface area contributed by atoms with E-state index < -0.39 is 0 Å². The zero-order chi connectivity index (χ0) is 9.84. The standard InChI is InChI=1S/C10H16BNO/c1-11(2)12(3)9-5-7-10(13-4)8-6-9/h5-8H,1-4H3. The first-order valence-electron chi connectivity index (χ1n) is 4.52. The lowest BCUT2D eigenvalue weighted by atomic mass is 9.66. The molecule has 0 bridgehead atoms. The summed E-state index contributed by atoms with van der Waals surface area (Å²) in [5.41, 5.74) is 1.22. The molecule has 0 aliphatic rings. The van der Waals surface area contributed by atoms with Crippen LogP contribution in [-0.2, 0) is 0 Å². The molecule has 0 aliphatic carbocycles. The lowest BCUT2D eigenvalue weighted by Gasteiger charge is -2.21. The average molecular weight is 177 g/mol. The van der Waals surface area contributed by atoms with Crippen LogP contribution in [0.25, 0.3) is 0 Å². The van der Waals surface area contributed by atoms with Gasteiger partial charge in [0.1, 0.15) is 5.75 Å². The molecule has 0 unspecified atom stereocenters. The molecule has 13 heavy (non-hydrogen) atoms. The Bertz CT molecular complexity index is 258. The number of anilines is 1. The minimum atomic E-state index is 0.522. The van der Waals surface area contributed by atoms with Crippen LogP contribution in [0.3, 0.4) is 0 Å². The van der Waals surface area contributed by atoms with E-state index in [9.17, 15) is 0 Å². The van der Waals surface area contributed by atoms with Crippen molar-refractivity contribution in [3.63, 3.8) is 0 Å². The van der Waals surface area contributed by atoms with E-state index in [0.717, 1.165) is 5.75 Å². The van der Waals surface area contributed by atoms with E-state index in [1.54, 1.807) is 7.11 Å². The second-order valence-corrected chi connectivity index (χ2v) is 3.40. The van der Waals surface area contributed by atoms with E-state index in [1.165, 1.54) is 5.69 Å². The van der Waals surface area contributed by atoms with Crippen LogP contribution in [0, 0.1) is 0 Å². The molecule has 2 nitrogen and oxygen atoms in total. The van der Waals surface area contributed by atoms with Crippen LogP contribution in [-0.4, -0.2) is 21.0 Å². The Labute approximate surface area is 80.6 Å². The summed E-state index contributed by atoms with van der Waals surface area (Å²) in [5, 5.41) is 0. The smallest absolute Gasteiger partial charge is 0.247 e. The summed E-state index contributed by atoms with van der Waals surface area (Å²) in [6, 6.07) is 8.10. The zero-order valence-corrected chi connectivity index (χ0v) is 8.74. The minimum absolute atomic E-state index is 0.522. The maximum Gasteiger partial charge on any atom is 0.247 e. The number of benzene rings is 1. The molecular formula is C10H16BNO. The van der Waals surface area contributed by atoms with Crippen LogP contribution in [0.4, 0.5) is 5.69 Å². The molecule has 0 atom stereocenters. The molecule has 1 rings (SSSR count). The fourth-order valence-corrected chi connectivity index (χ4v) is 1.12. The summed E-state index contributed by atoms with van der Waals surface area (Å²) in [6.07, 6.45) is 0. The third-order valence-corrected chi connectivity index (χ3v) is 2.25. The number of hydrogen-bond acceptors (Lipinski definition) is 2. The maximum atomic E-state index is 5.09. The molecule has 1 aromatic rings. The fourth-order valence-electron chi connectivity index (χ4n) is 1.12. The van der Waals surface area contributed by atoms with Gasteiger partial charge in [0.05, 0.1) is 7.11 Å². The second-order valence-electron chi connectivity index (χ2n) is 3.40. The number of hydrogen-bond donors (Lipinski definition) is 0. The van der Waals surface area contributed by atoms with Crippen molar-refractivity contribution < 1.29 is 4.74 Å². The zero-order valence-electron chi connectivity index (χ0n) is 8.74. The first kappa shape index (κ1) is 9.97. The van der Waals surface area contributed by atoms with Crippen molar-refractivity contribution in [1.82, 2.24) is 0 Å².